The predicted molar refractivity (Wildman–Crippen MR) is 74.5 cm³/mol. The molecule has 0 aliphatic rings. The summed E-state index contributed by atoms with van der Waals surface area (Å²) in [5.41, 5.74) is 6.38. The smallest absolute Gasteiger partial charge is 0.246 e. The second-order valence-electron chi connectivity index (χ2n) is 3.72. The largest absolute Gasteiger partial charge is 0.393 e. The molecule has 3 nitrogen and oxygen atoms in total. The van der Waals surface area contributed by atoms with Crippen molar-refractivity contribution in [3.05, 3.63) is 42.0 Å². The van der Waals surface area contributed by atoms with Gasteiger partial charge in [-0.15, -0.1) is 0 Å². The summed E-state index contributed by atoms with van der Waals surface area (Å²) < 4.78 is 0. The average molecular weight is 248 g/mol. The summed E-state index contributed by atoms with van der Waals surface area (Å²) >= 11 is 4.76. The normalized spacial score (nSPS) is 10.4. The molecule has 0 aliphatic carbocycles. The van der Waals surface area contributed by atoms with Crippen LogP contribution in [0.15, 0.2) is 36.4 Å². The molecule has 0 fully saturated rings. The minimum atomic E-state index is -0.0508. The van der Waals surface area contributed by atoms with Crippen LogP contribution < -0.4 is 5.73 Å². The minimum absolute atomic E-state index is 0.0508. The summed E-state index contributed by atoms with van der Waals surface area (Å²) in [6, 6.07) is 9.69. The number of nitrogens with two attached hydrogens (primary N) is 1. The number of thiocarbonyl (C=S) groups is 1. The fraction of sp³-hybridized carbons (Fsp3) is 0.231. The molecule has 17 heavy (non-hydrogen) atoms. The van der Waals surface area contributed by atoms with Gasteiger partial charge in [-0.3, -0.25) is 4.79 Å². The average Bonchev–Trinajstić information content (AvgIpc) is 2.34. The number of amides is 1. The van der Waals surface area contributed by atoms with Crippen LogP contribution in [0, 0.1) is 0 Å². The number of benzene rings is 1. The second kappa shape index (κ2) is 6.81. The maximum Gasteiger partial charge on any atom is 0.246 e. The Morgan fingerprint density at radius 3 is 2.65 bits per heavy atom. The van der Waals surface area contributed by atoms with Crippen LogP contribution in [0.5, 0.6) is 0 Å². The summed E-state index contributed by atoms with van der Waals surface area (Å²) in [4.78, 5) is 13.7. The first-order valence-corrected chi connectivity index (χ1v) is 5.77. The van der Waals surface area contributed by atoms with E-state index < -0.39 is 0 Å². The third-order valence-electron chi connectivity index (χ3n) is 2.29. The van der Waals surface area contributed by atoms with Gasteiger partial charge in [0.15, 0.2) is 0 Å². The number of hydrogen-bond donors (Lipinski definition) is 1. The van der Waals surface area contributed by atoms with Crippen LogP contribution >= 0.6 is 12.2 Å². The van der Waals surface area contributed by atoms with E-state index in [-0.39, 0.29) is 5.91 Å². The van der Waals surface area contributed by atoms with Gasteiger partial charge >= 0.3 is 0 Å². The molecular formula is C13H16N2OS. The quantitative estimate of drug-likeness (QED) is 0.639. The lowest BCUT2D eigenvalue weighted by atomic mass is 10.2. The monoisotopic (exact) mass is 248 g/mol. The number of likely N-dealkylation sites (N-methyl/N-ethyl adjacent to an activating group) is 1. The zero-order valence-electron chi connectivity index (χ0n) is 9.80. The summed E-state index contributed by atoms with van der Waals surface area (Å²) in [6.07, 6.45) is 3.89. The number of nitrogens with zero attached hydrogens (tertiary/aromatic N) is 1. The van der Waals surface area contributed by atoms with Crippen molar-refractivity contribution in [3.63, 3.8) is 0 Å². The Morgan fingerprint density at radius 2 is 2.06 bits per heavy atom. The molecule has 1 amide bonds. The number of carbonyl (C=O) groups excluding carboxylic acids is 1. The standard InChI is InChI=1S/C13H16N2OS/c1-15(10-9-12(14)17)13(16)8-7-11-5-3-2-4-6-11/h2-8H,9-10H2,1H3,(H2,14,17)/b8-7+. The summed E-state index contributed by atoms with van der Waals surface area (Å²) in [5.74, 6) is -0.0508. The third kappa shape index (κ3) is 5.26. The SMILES string of the molecule is CN(CCC(N)=S)C(=O)/C=C/c1ccccc1. The van der Waals surface area contributed by atoms with Gasteiger partial charge in [0.05, 0.1) is 4.99 Å². The molecule has 0 spiro atoms. The molecule has 0 aliphatic heterocycles. The van der Waals surface area contributed by atoms with Gasteiger partial charge in [-0.25, -0.2) is 0 Å². The van der Waals surface area contributed by atoms with E-state index in [1.165, 1.54) is 0 Å². The number of rotatable bonds is 5. The molecule has 0 saturated carbocycles. The molecule has 4 heteroatoms. The molecule has 90 valence electrons. The van der Waals surface area contributed by atoms with Crippen molar-refractivity contribution in [1.29, 1.82) is 0 Å². The Bertz CT molecular complexity index is 415. The van der Waals surface area contributed by atoms with Gasteiger partial charge in [0.1, 0.15) is 0 Å². The molecule has 0 bridgehead atoms. The van der Waals surface area contributed by atoms with E-state index in [4.69, 9.17) is 18.0 Å². The first-order valence-electron chi connectivity index (χ1n) is 5.36. The Hall–Kier alpha value is -1.68. The lowest BCUT2D eigenvalue weighted by Gasteiger charge is -2.14. The first-order chi connectivity index (χ1) is 8.09. The van der Waals surface area contributed by atoms with Crippen LogP contribution in [0.4, 0.5) is 0 Å². The van der Waals surface area contributed by atoms with Crippen LogP contribution in [0.2, 0.25) is 0 Å². The van der Waals surface area contributed by atoms with Crippen LogP contribution in [0.1, 0.15) is 12.0 Å². The maximum atomic E-state index is 11.7. The molecule has 0 saturated heterocycles. The highest BCUT2D eigenvalue weighted by molar-refractivity contribution is 7.80. The molecule has 1 aromatic rings. The van der Waals surface area contributed by atoms with E-state index in [2.05, 4.69) is 0 Å². The molecule has 1 rings (SSSR count). The van der Waals surface area contributed by atoms with Gasteiger partial charge < -0.3 is 10.6 Å². The van der Waals surface area contributed by atoms with E-state index in [1.807, 2.05) is 30.3 Å². The molecule has 0 aromatic heterocycles. The highest BCUT2D eigenvalue weighted by Crippen LogP contribution is 2.01. The fourth-order valence-corrected chi connectivity index (χ4v) is 1.34. The Labute approximate surface area is 107 Å². The topological polar surface area (TPSA) is 46.3 Å². The Morgan fingerprint density at radius 1 is 1.41 bits per heavy atom. The predicted octanol–water partition coefficient (Wildman–Crippen LogP) is 1.83. The van der Waals surface area contributed by atoms with Crippen molar-refractivity contribution in [1.82, 2.24) is 4.90 Å². The van der Waals surface area contributed by atoms with Gasteiger partial charge in [-0.1, -0.05) is 42.5 Å². The van der Waals surface area contributed by atoms with Gasteiger partial charge in [-0.2, -0.15) is 0 Å². The van der Waals surface area contributed by atoms with Crippen LogP contribution in [0.25, 0.3) is 6.08 Å². The maximum absolute atomic E-state index is 11.7. The van der Waals surface area contributed by atoms with Gasteiger partial charge in [0, 0.05) is 26.1 Å². The van der Waals surface area contributed by atoms with Crippen molar-refractivity contribution in [2.45, 2.75) is 6.42 Å². The molecular weight excluding hydrogens is 232 g/mol. The highest BCUT2D eigenvalue weighted by Gasteiger charge is 2.04. The summed E-state index contributed by atoms with van der Waals surface area (Å²) in [7, 11) is 1.73. The molecule has 2 N–H and O–H groups in total. The third-order valence-corrected chi connectivity index (χ3v) is 2.49. The zero-order valence-corrected chi connectivity index (χ0v) is 10.6. The molecule has 0 atom stereocenters. The molecule has 0 radical (unpaired) electrons. The zero-order chi connectivity index (χ0) is 12.7. The van der Waals surface area contributed by atoms with Crippen molar-refractivity contribution in [2.75, 3.05) is 13.6 Å². The van der Waals surface area contributed by atoms with Gasteiger partial charge in [0.2, 0.25) is 5.91 Å². The molecule has 1 aromatic carbocycles. The van der Waals surface area contributed by atoms with Crippen molar-refractivity contribution < 1.29 is 4.79 Å². The van der Waals surface area contributed by atoms with E-state index in [1.54, 1.807) is 24.1 Å². The van der Waals surface area contributed by atoms with Crippen molar-refractivity contribution >= 4 is 29.2 Å². The van der Waals surface area contributed by atoms with E-state index in [0.717, 1.165) is 5.56 Å². The Kier molecular flexibility index (Phi) is 5.36. The Balaban J connectivity index is 2.48. The highest BCUT2D eigenvalue weighted by atomic mass is 32.1. The van der Waals surface area contributed by atoms with Crippen molar-refractivity contribution in [3.8, 4) is 0 Å². The minimum Gasteiger partial charge on any atom is -0.393 e. The summed E-state index contributed by atoms with van der Waals surface area (Å²) in [5, 5.41) is 0. The number of hydrogen-bond acceptors (Lipinski definition) is 2. The number of carbonyl (C=O) groups is 1. The fourth-order valence-electron chi connectivity index (χ4n) is 1.25. The van der Waals surface area contributed by atoms with E-state index in [0.29, 0.717) is 18.0 Å². The van der Waals surface area contributed by atoms with Crippen LogP contribution in [-0.2, 0) is 4.79 Å². The van der Waals surface area contributed by atoms with Gasteiger partial charge in [0.25, 0.3) is 0 Å². The second-order valence-corrected chi connectivity index (χ2v) is 4.24. The first kappa shape index (κ1) is 13.4. The van der Waals surface area contributed by atoms with E-state index >= 15 is 0 Å². The molecule has 0 heterocycles. The van der Waals surface area contributed by atoms with E-state index in [9.17, 15) is 4.79 Å². The van der Waals surface area contributed by atoms with Crippen LogP contribution in [0.3, 0.4) is 0 Å². The van der Waals surface area contributed by atoms with Gasteiger partial charge in [-0.05, 0) is 11.6 Å². The lowest BCUT2D eigenvalue weighted by molar-refractivity contribution is -0.124. The molecule has 0 unspecified atom stereocenters. The lowest BCUT2D eigenvalue weighted by Crippen LogP contribution is -2.28. The van der Waals surface area contributed by atoms with Crippen LogP contribution in [-0.4, -0.2) is 29.4 Å². The van der Waals surface area contributed by atoms with Crippen molar-refractivity contribution in [2.24, 2.45) is 5.73 Å². The summed E-state index contributed by atoms with van der Waals surface area (Å²) in [6.45, 7) is 0.549.